The lowest BCUT2D eigenvalue weighted by Crippen LogP contribution is -2.34. The Balaban J connectivity index is 1.42. The topological polar surface area (TPSA) is 97.3 Å². The van der Waals surface area contributed by atoms with Gasteiger partial charge in [-0.1, -0.05) is 6.07 Å². The second kappa shape index (κ2) is 8.58. The minimum Gasteiger partial charge on any atom is -0.497 e. The smallest absolute Gasteiger partial charge is 0.284 e. The largest absolute Gasteiger partial charge is 0.497 e. The Hall–Kier alpha value is -3.33. The Kier molecular flexibility index (Phi) is 5.71. The lowest BCUT2D eigenvalue weighted by atomic mass is 10.2. The maximum absolute atomic E-state index is 12.7. The molecule has 3 aromatic rings. The van der Waals surface area contributed by atoms with Gasteiger partial charge in [-0.3, -0.25) is 14.6 Å². The number of amides is 2. The number of ether oxygens (including phenoxy) is 1. The van der Waals surface area contributed by atoms with Crippen molar-refractivity contribution in [1.82, 2.24) is 19.9 Å². The van der Waals surface area contributed by atoms with Gasteiger partial charge in [-0.25, -0.2) is 9.97 Å². The van der Waals surface area contributed by atoms with Crippen molar-refractivity contribution in [2.24, 2.45) is 0 Å². The molecule has 0 unspecified atom stereocenters. The summed E-state index contributed by atoms with van der Waals surface area (Å²) in [7, 11) is 1.58. The number of fused-ring (bicyclic) bond motifs is 1. The van der Waals surface area contributed by atoms with Crippen LogP contribution >= 0.6 is 11.3 Å². The van der Waals surface area contributed by atoms with Crippen LogP contribution in [0.2, 0.25) is 0 Å². The van der Waals surface area contributed by atoms with Crippen molar-refractivity contribution in [3.63, 3.8) is 0 Å². The van der Waals surface area contributed by atoms with Crippen molar-refractivity contribution in [2.75, 3.05) is 25.5 Å². The van der Waals surface area contributed by atoms with Crippen LogP contribution in [0.1, 0.15) is 36.6 Å². The molecule has 0 saturated heterocycles. The molecule has 30 heavy (non-hydrogen) atoms. The number of nitrogens with zero attached hydrogens (tertiary/aromatic N) is 4. The van der Waals surface area contributed by atoms with Crippen molar-refractivity contribution in [2.45, 2.75) is 19.8 Å². The highest BCUT2D eigenvalue weighted by Crippen LogP contribution is 2.25. The first kappa shape index (κ1) is 20.0. The second-order valence-electron chi connectivity index (χ2n) is 6.91. The molecular weight excluding hydrogens is 402 g/mol. The van der Waals surface area contributed by atoms with E-state index in [0.717, 1.165) is 16.3 Å². The summed E-state index contributed by atoms with van der Waals surface area (Å²) in [5.41, 5.74) is 2.65. The third-order valence-electron chi connectivity index (χ3n) is 4.81. The molecule has 1 aliphatic rings. The van der Waals surface area contributed by atoms with E-state index in [1.165, 1.54) is 17.5 Å². The van der Waals surface area contributed by atoms with Crippen LogP contribution in [-0.4, -0.2) is 51.9 Å². The average Bonchev–Trinajstić information content (AvgIpc) is 3.07. The maximum atomic E-state index is 12.7. The Bertz CT molecular complexity index is 1060. The minimum atomic E-state index is -0.246. The lowest BCUT2D eigenvalue weighted by Gasteiger charge is -2.19. The number of benzene rings is 1. The summed E-state index contributed by atoms with van der Waals surface area (Å²) in [6.45, 7) is 2.92. The van der Waals surface area contributed by atoms with Crippen molar-refractivity contribution >= 4 is 28.8 Å². The lowest BCUT2D eigenvalue weighted by molar-refractivity contribution is 0.0756. The predicted octanol–water partition coefficient (Wildman–Crippen LogP) is 2.74. The number of carbonyl (C=O) groups is 2. The summed E-state index contributed by atoms with van der Waals surface area (Å²) in [4.78, 5) is 41.0. The Morgan fingerprint density at radius 3 is 2.77 bits per heavy atom. The van der Waals surface area contributed by atoms with E-state index in [0.29, 0.717) is 48.1 Å². The summed E-state index contributed by atoms with van der Waals surface area (Å²) in [5.74, 6) is 0.295. The van der Waals surface area contributed by atoms with Crippen molar-refractivity contribution in [3.05, 3.63) is 63.6 Å². The van der Waals surface area contributed by atoms with E-state index in [4.69, 9.17) is 4.74 Å². The number of hydrogen-bond acceptors (Lipinski definition) is 7. The molecule has 0 spiro atoms. The third-order valence-corrected chi connectivity index (χ3v) is 5.97. The van der Waals surface area contributed by atoms with Crippen LogP contribution in [0.15, 0.2) is 36.7 Å². The monoisotopic (exact) mass is 423 g/mol. The molecule has 0 bridgehead atoms. The highest BCUT2D eigenvalue weighted by Gasteiger charge is 2.24. The number of thiazole rings is 1. The normalized spacial score (nSPS) is 13.3. The number of methoxy groups -OCH3 is 1. The highest BCUT2D eigenvalue weighted by molar-refractivity contribution is 7.13. The fourth-order valence-corrected chi connectivity index (χ4v) is 4.21. The third kappa shape index (κ3) is 4.30. The average molecular weight is 423 g/mol. The van der Waals surface area contributed by atoms with Crippen LogP contribution in [-0.2, 0) is 12.8 Å². The van der Waals surface area contributed by atoms with Gasteiger partial charge >= 0.3 is 0 Å². The molecule has 8 nitrogen and oxygen atoms in total. The summed E-state index contributed by atoms with van der Waals surface area (Å²) >= 11 is 1.38. The molecule has 2 aromatic heterocycles. The summed E-state index contributed by atoms with van der Waals surface area (Å²) in [5, 5.41) is 3.28. The van der Waals surface area contributed by atoms with Gasteiger partial charge in [0, 0.05) is 48.8 Å². The molecule has 3 heterocycles. The Morgan fingerprint density at radius 2 is 2.00 bits per heavy atom. The molecule has 9 heteroatoms. The van der Waals surface area contributed by atoms with Crippen LogP contribution < -0.4 is 10.1 Å². The first-order chi connectivity index (χ1) is 14.5. The highest BCUT2D eigenvalue weighted by atomic mass is 32.1. The molecule has 1 aliphatic heterocycles. The zero-order valence-electron chi connectivity index (χ0n) is 16.7. The van der Waals surface area contributed by atoms with Crippen LogP contribution in [0.25, 0.3) is 0 Å². The number of hydrogen-bond donors (Lipinski definition) is 1. The SMILES string of the molecule is COc1cccc(NC(=O)c2nc3c(s2)CCN(C(=O)c2cnc(C)cn2)CC3)c1. The quantitative estimate of drug-likeness (QED) is 0.693. The number of rotatable bonds is 4. The zero-order valence-corrected chi connectivity index (χ0v) is 17.5. The second-order valence-corrected chi connectivity index (χ2v) is 7.99. The van der Waals surface area contributed by atoms with Crippen LogP contribution in [0.3, 0.4) is 0 Å². The molecule has 1 N–H and O–H groups in total. The standard InChI is InChI=1S/C21H21N5O3S/c1-13-11-23-17(12-22-13)21(28)26-8-6-16-18(7-9-26)30-20(25-16)19(27)24-14-4-3-5-15(10-14)29-2/h3-5,10-12H,6-9H2,1-2H3,(H,24,27). The first-order valence-electron chi connectivity index (χ1n) is 9.55. The molecule has 0 atom stereocenters. The Labute approximate surface area is 178 Å². The summed E-state index contributed by atoms with van der Waals surface area (Å²) < 4.78 is 5.18. The minimum absolute atomic E-state index is 0.131. The number of nitrogens with one attached hydrogen (secondary N) is 1. The van der Waals surface area contributed by atoms with Gasteiger partial charge in [0.05, 0.1) is 24.7 Å². The van der Waals surface area contributed by atoms with Crippen molar-refractivity contribution < 1.29 is 14.3 Å². The molecule has 0 fully saturated rings. The van der Waals surface area contributed by atoms with E-state index in [1.54, 1.807) is 30.3 Å². The van der Waals surface area contributed by atoms with E-state index >= 15 is 0 Å². The van der Waals surface area contributed by atoms with Gasteiger partial charge in [-0.15, -0.1) is 11.3 Å². The van der Waals surface area contributed by atoms with E-state index in [2.05, 4.69) is 20.3 Å². The van der Waals surface area contributed by atoms with Crippen LogP contribution in [0, 0.1) is 6.92 Å². The maximum Gasteiger partial charge on any atom is 0.284 e. The number of aryl methyl sites for hydroxylation is 1. The fourth-order valence-electron chi connectivity index (χ4n) is 3.21. The summed E-state index contributed by atoms with van der Waals surface area (Å²) in [6.07, 6.45) is 4.36. The molecule has 0 radical (unpaired) electrons. The van der Waals surface area contributed by atoms with Gasteiger partial charge in [0.15, 0.2) is 5.01 Å². The zero-order chi connectivity index (χ0) is 21.1. The summed E-state index contributed by atoms with van der Waals surface area (Å²) in [6, 6.07) is 7.19. The molecule has 154 valence electrons. The van der Waals surface area contributed by atoms with Gasteiger partial charge in [0.25, 0.3) is 11.8 Å². The molecule has 1 aromatic carbocycles. The molecule has 4 rings (SSSR count). The van der Waals surface area contributed by atoms with Crippen LogP contribution in [0.4, 0.5) is 5.69 Å². The van der Waals surface area contributed by atoms with E-state index in [-0.39, 0.29) is 11.8 Å². The fraction of sp³-hybridized carbons (Fsp3) is 0.286. The predicted molar refractivity (Wildman–Crippen MR) is 113 cm³/mol. The number of anilines is 1. The molecule has 0 aliphatic carbocycles. The number of aromatic nitrogens is 3. The van der Waals surface area contributed by atoms with Gasteiger partial charge < -0.3 is 15.0 Å². The number of carbonyl (C=O) groups excluding carboxylic acids is 2. The Morgan fingerprint density at radius 1 is 1.17 bits per heavy atom. The van der Waals surface area contributed by atoms with Crippen LogP contribution in [0.5, 0.6) is 5.75 Å². The van der Waals surface area contributed by atoms with E-state index in [1.807, 2.05) is 19.1 Å². The van der Waals surface area contributed by atoms with Gasteiger partial charge in [-0.05, 0) is 19.1 Å². The molecule has 0 saturated carbocycles. The van der Waals surface area contributed by atoms with Gasteiger partial charge in [-0.2, -0.15) is 0 Å². The van der Waals surface area contributed by atoms with Crippen molar-refractivity contribution in [1.29, 1.82) is 0 Å². The van der Waals surface area contributed by atoms with Gasteiger partial charge in [0.2, 0.25) is 0 Å². The van der Waals surface area contributed by atoms with E-state index < -0.39 is 0 Å². The van der Waals surface area contributed by atoms with E-state index in [9.17, 15) is 9.59 Å². The first-order valence-corrected chi connectivity index (χ1v) is 10.4. The molecular formula is C21H21N5O3S. The molecule has 2 amide bonds. The van der Waals surface area contributed by atoms with Crippen molar-refractivity contribution in [3.8, 4) is 5.75 Å². The van der Waals surface area contributed by atoms with Gasteiger partial charge in [0.1, 0.15) is 11.4 Å².